The monoisotopic (exact) mass is 502 g/mol. The van der Waals surface area contributed by atoms with Crippen molar-refractivity contribution in [1.82, 2.24) is 15.5 Å². The molecule has 2 rings (SSSR count). The van der Waals surface area contributed by atoms with Gasteiger partial charge in [-0.1, -0.05) is 12.1 Å². The van der Waals surface area contributed by atoms with Gasteiger partial charge in [0.15, 0.2) is 17.5 Å². The minimum atomic E-state index is -0.0606. The summed E-state index contributed by atoms with van der Waals surface area (Å²) in [6, 6.07) is 11.6. The van der Waals surface area contributed by atoms with Gasteiger partial charge < -0.3 is 24.5 Å². The number of nitrogens with one attached hydrogen (secondary N) is 2. The SMILES string of the molecule is CN=C(NCC(C)Oc1ccccc1OC)NCC(c1ccco1)N(C)C.I. The van der Waals surface area contributed by atoms with Crippen molar-refractivity contribution in [2.45, 2.75) is 19.1 Å². The summed E-state index contributed by atoms with van der Waals surface area (Å²) in [4.78, 5) is 6.38. The van der Waals surface area contributed by atoms with Crippen LogP contribution in [0.25, 0.3) is 0 Å². The molecule has 28 heavy (non-hydrogen) atoms. The number of rotatable bonds is 9. The lowest BCUT2D eigenvalue weighted by Gasteiger charge is -2.24. The zero-order chi connectivity index (χ0) is 19.6. The third-order valence-electron chi connectivity index (χ3n) is 4.14. The van der Waals surface area contributed by atoms with Gasteiger partial charge in [-0.25, -0.2) is 0 Å². The Balaban J connectivity index is 0.00000392. The molecule has 7 nitrogen and oxygen atoms in total. The number of hydrogen-bond acceptors (Lipinski definition) is 5. The molecular formula is C20H31IN4O3. The summed E-state index contributed by atoms with van der Waals surface area (Å²) >= 11 is 0. The number of halogens is 1. The zero-order valence-corrected chi connectivity index (χ0v) is 19.5. The number of para-hydroxylation sites is 2. The second kappa shape index (κ2) is 12.5. The first-order valence-corrected chi connectivity index (χ1v) is 8.99. The van der Waals surface area contributed by atoms with E-state index in [2.05, 4.69) is 20.5 Å². The van der Waals surface area contributed by atoms with Gasteiger partial charge in [-0.3, -0.25) is 9.89 Å². The summed E-state index contributed by atoms with van der Waals surface area (Å²) in [5.41, 5.74) is 0. The molecule has 156 valence electrons. The van der Waals surface area contributed by atoms with Crippen molar-refractivity contribution in [3.8, 4) is 11.5 Å². The quantitative estimate of drug-likeness (QED) is 0.312. The Bertz CT molecular complexity index is 707. The Hall–Kier alpha value is -1.94. The van der Waals surface area contributed by atoms with Crippen LogP contribution in [0.1, 0.15) is 18.7 Å². The first-order valence-electron chi connectivity index (χ1n) is 8.99. The molecular weight excluding hydrogens is 471 g/mol. The van der Waals surface area contributed by atoms with E-state index in [9.17, 15) is 0 Å². The van der Waals surface area contributed by atoms with E-state index >= 15 is 0 Å². The van der Waals surface area contributed by atoms with Gasteiger partial charge in [-0.15, -0.1) is 24.0 Å². The zero-order valence-electron chi connectivity index (χ0n) is 17.1. The largest absolute Gasteiger partial charge is 0.493 e. The third kappa shape index (κ3) is 7.23. The lowest BCUT2D eigenvalue weighted by Crippen LogP contribution is -2.44. The van der Waals surface area contributed by atoms with Crippen LogP contribution in [0.5, 0.6) is 11.5 Å². The summed E-state index contributed by atoms with van der Waals surface area (Å²) in [7, 11) is 7.43. The second-order valence-electron chi connectivity index (χ2n) is 6.41. The van der Waals surface area contributed by atoms with Crippen LogP contribution in [-0.2, 0) is 0 Å². The minimum absolute atomic E-state index is 0. The van der Waals surface area contributed by atoms with E-state index in [1.54, 1.807) is 20.4 Å². The Kier molecular flexibility index (Phi) is 10.8. The summed E-state index contributed by atoms with van der Waals surface area (Å²) in [6.45, 7) is 3.27. The number of methoxy groups -OCH3 is 1. The molecule has 1 heterocycles. The minimum Gasteiger partial charge on any atom is -0.493 e. The topological polar surface area (TPSA) is 71.3 Å². The standard InChI is InChI=1S/C20H30N4O3.HI/c1-15(27-19-10-7-6-9-18(19)25-5)13-22-20(21-2)23-14-16(24(3)4)17-11-8-12-26-17;/h6-12,15-16H,13-14H2,1-5H3,(H2,21,22,23);1H. The van der Waals surface area contributed by atoms with Gasteiger partial charge in [-0.05, 0) is 45.3 Å². The smallest absolute Gasteiger partial charge is 0.191 e. The van der Waals surface area contributed by atoms with Crippen LogP contribution in [0.3, 0.4) is 0 Å². The molecule has 0 aliphatic heterocycles. The fourth-order valence-corrected chi connectivity index (χ4v) is 2.65. The predicted molar refractivity (Wildman–Crippen MR) is 123 cm³/mol. The number of aliphatic imine (C=N–C) groups is 1. The molecule has 0 aliphatic carbocycles. The van der Waals surface area contributed by atoms with E-state index in [4.69, 9.17) is 13.9 Å². The number of guanidine groups is 1. The highest BCUT2D eigenvalue weighted by Gasteiger charge is 2.17. The molecule has 2 aromatic rings. The van der Waals surface area contributed by atoms with Gasteiger partial charge in [0.1, 0.15) is 11.9 Å². The summed E-state index contributed by atoms with van der Waals surface area (Å²) in [6.07, 6.45) is 1.63. The number of nitrogens with zero attached hydrogens (tertiary/aromatic N) is 2. The highest BCUT2D eigenvalue weighted by atomic mass is 127. The van der Waals surface area contributed by atoms with Crippen molar-refractivity contribution < 1.29 is 13.9 Å². The van der Waals surface area contributed by atoms with Gasteiger partial charge in [0.25, 0.3) is 0 Å². The summed E-state index contributed by atoms with van der Waals surface area (Å²) in [5.74, 6) is 3.07. The number of benzene rings is 1. The first kappa shape index (κ1) is 24.1. The molecule has 1 aromatic heterocycles. The number of hydrogen-bond donors (Lipinski definition) is 2. The van der Waals surface area contributed by atoms with Crippen molar-refractivity contribution in [2.24, 2.45) is 4.99 Å². The Morgan fingerprint density at radius 3 is 2.36 bits per heavy atom. The molecule has 0 saturated carbocycles. The molecule has 0 fully saturated rings. The normalized spacial score (nSPS) is 13.4. The molecule has 2 N–H and O–H groups in total. The first-order chi connectivity index (χ1) is 13.0. The third-order valence-corrected chi connectivity index (χ3v) is 4.14. The van der Waals surface area contributed by atoms with Crippen LogP contribution in [0, 0.1) is 0 Å². The molecule has 2 atom stereocenters. The van der Waals surface area contributed by atoms with Gasteiger partial charge >= 0.3 is 0 Å². The van der Waals surface area contributed by atoms with E-state index < -0.39 is 0 Å². The van der Waals surface area contributed by atoms with Crippen LogP contribution >= 0.6 is 24.0 Å². The van der Waals surface area contributed by atoms with Gasteiger partial charge in [0.2, 0.25) is 0 Å². The van der Waals surface area contributed by atoms with Crippen molar-refractivity contribution in [3.05, 3.63) is 48.4 Å². The molecule has 8 heteroatoms. The molecule has 0 spiro atoms. The van der Waals surface area contributed by atoms with Crippen molar-refractivity contribution >= 4 is 29.9 Å². The van der Waals surface area contributed by atoms with E-state index in [1.807, 2.05) is 57.4 Å². The maximum Gasteiger partial charge on any atom is 0.191 e. The molecule has 0 aliphatic rings. The van der Waals surface area contributed by atoms with Crippen molar-refractivity contribution in [2.75, 3.05) is 41.3 Å². The van der Waals surface area contributed by atoms with Crippen LogP contribution in [-0.4, -0.2) is 58.3 Å². The fraction of sp³-hybridized carbons (Fsp3) is 0.450. The van der Waals surface area contributed by atoms with Crippen LogP contribution in [0.4, 0.5) is 0 Å². The highest BCUT2D eigenvalue weighted by molar-refractivity contribution is 14.0. The van der Waals surface area contributed by atoms with Crippen molar-refractivity contribution in [3.63, 3.8) is 0 Å². The number of ether oxygens (including phenoxy) is 2. The number of furan rings is 1. The Morgan fingerprint density at radius 1 is 1.11 bits per heavy atom. The molecule has 0 saturated heterocycles. The Morgan fingerprint density at radius 2 is 1.79 bits per heavy atom. The lowest BCUT2D eigenvalue weighted by molar-refractivity contribution is 0.213. The summed E-state index contributed by atoms with van der Waals surface area (Å²) < 4.78 is 16.8. The fourth-order valence-electron chi connectivity index (χ4n) is 2.65. The Labute approximate surface area is 184 Å². The van der Waals surface area contributed by atoms with Gasteiger partial charge in [0, 0.05) is 13.6 Å². The van der Waals surface area contributed by atoms with Crippen LogP contribution < -0.4 is 20.1 Å². The van der Waals surface area contributed by atoms with Crippen LogP contribution in [0.15, 0.2) is 52.1 Å². The van der Waals surface area contributed by atoms with Crippen LogP contribution in [0.2, 0.25) is 0 Å². The van der Waals surface area contributed by atoms with E-state index in [1.165, 1.54) is 0 Å². The average molecular weight is 502 g/mol. The predicted octanol–water partition coefficient (Wildman–Crippen LogP) is 3.14. The second-order valence-corrected chi connectivity index (χ2v) is 6.41. The molecule has 1 aromatic carbocycles. The molecule has 0 amide bonds. The van der Waals surface area contributed by atoms with E-state index in [0.29, 0.717) is 19.0 Å². The molecule has 0 radical (unpaired) electrons. The summed E-state index contributed by atoms with van der Waals surface area (Å²) in [5, 5.41) is 6.63. The van der Waals surface area contributed by atoms with E-state index in [0.717, 1.165) is 17.3 Å². The maximum absolute atomic E-state index is 5.96. The highest BCUT2D eigenvalue weighted by Crippen LogP contribution is 2.26. The lowest BCUT2D eigenvalue weighted by atomic mass is 10.2. The van der Waals surface area contributed by atoms with Gasteiger partial charge in [0.05, 0.1) is 26.0 Å². The van der Waals surface area contributed by atoms with E-state index in [-0.39, 0.29) is 36.1 Å². The average Bonchev–Trinajstić information content (AvgIpc) is 3.19. The van der Waals surface area contributed by atoms with Gasteiger partial charge in [-0.2, -0.15) is 0 Å². The van der Waals surface area contributed by atoms with Crippen molar-refractivity contribution in [1.29, 1.82) is 0 Å². The molecule has 0 bridgehead atoms. The maximum atomic E-state index is 5.96. The molecule has 2 unspecified atom stereocenters. The number of likely N-dealkylation sites (N-methyl/N-ethyl adjacent to an activating group) is 1.